The molecule has 1 amide bonds. The molecule has 3 rings (SSSR count). The zero-order chi connectivity index (χ0) is 19.1. The van der Waals surface area contributed by atoms with Crippen molar-refractivity contribution in [3.8, 4) is 0 Å². The van der Waals surface area contributed by atoms with Gasteiger partial charge in [0.1, 0.15) is 4.90 Å². The van der Waals surface area contributed by atoms with Gasteiger partial charge >= 0.3 is 0 Å². The summed E-state index contributed by atoms with van der Waals surface area (Å²) < 4.78 is 71.7. The number of carbonyl (C=O) groups excluding carboxylic acids is 1. The smallest absolute Gasteiger partial charge is 0.289 e. The molecule has 0 radical (unpaired) electrons. The third-order valence-corrected chi connectivity index (χ3v) is 6.27. The number of carbonyl (C=O) groups is 1. The van der Waals surface area contributed by atoms with E-state index in [1.807, 2.05) is 0 Å². The second kappa shape index (κ2) is 7.05. The highest BCUT2D eigenvalue weighted by Gasteiger charge is 2.34. The van der Waals surface area contributed by atoms with Crippen LogP contribution in [0, 0.1) is 17.5 Å². The maximum Gasteiger partial charge on any atom is 0.289 e. The number of amides is 1. The van der Waals surface area contributed by atoms with Gasteiger partial charge in [0.25, 0.3) is 5.91 Å². The number of halogens is 4. The summed E-state index contributed by atoms with van der Waals surface area (Å²) >= 11 is 3.09. The zero-order valence-corrected chi connectivity index (χ0v) is 15.5. The van der Waals surface area contributed by atoms with Gasteiger partial charge in [-0.05, 0) is 40.2 Å². The van der Waals surface area contributed by atoms with Crippen LogP contribution in [0.2, 0.25) is 0 Å². The van der Waals surface area contributed by atoms with Crippen molar-refractivity contribution in [3.63, 3.8) is 0 Å². The van der Waals surface area contributed by atoms with E-state index in [9.17, 15) is 26.4 Å². The van der Waals surface area contributed by atoms with Crippen molar-refractivity contribution >= 4 is 31.9 Å². The Hall–Kier alpha value is -1.85. The number of nitrogens with zero attached hydrogens (tertiary/aromatic N) is 2. The second-order valence-electron chi connectivity index (χ2n) is 5.47. The van der Waals surface area contributed by atoms with Gasteiger partial charge in [0.2, 0.25) is 10.0 Å². The summed E-state index contributed by atoms with van der Waals surface area (Å²) in [5.74, 6) is -5.39. The number of hydrogen-bond acceptors (Lipinski definition) is 4. The molecule has 2 aromatic rings. The van der Waals surface area contributed by atoms with Crippen molar-refractivity contribution in [1.29, 1.82) is 0 Å². The summed E-state index contributed by atoms with van der Waals surface area (Å²) in [6.45, 7) is -0.147. The second-order valence-corrected chi connectivity index (χ2v) is 8.16. The molecule has 2 heterocycles. The zero-order valence-electron chi connectivity index (χ0n) is 13.1. The van der Waals surface area contributed by atoms with Crippen LogP contribution in [0.25, 0.3) is 0 Å². The Morgan fingerprint density at radius 1 is 1.00 bits per heavy atom. The maximum atomic E-state index is 13.8. The van der Waals surface area contributed by atoms with Crippen molar-refractivity contribution in [3.05, 3.63) is 52.1 Å². The molecule has 0 saturated carbocycles. The molecule has 6 nitrogen and oxygen atoms in total. The topological polar surface area (TPSA) is 70.8 Å². The minimum Gasteiger partial charge on any atom is -0.444 e. The van der Waals surface area contributed by atoms with Gasteiger partial charge in [-0.1, -0.05) is 0 Å². The van der Waals surface area contributed by atoms with Crippen LogP contribution in [0.4, 0.5) is 13.2 Å². The minimum absolute atomic E-state index is 0.0433. The standard InChI is InChI=1S/C15H12BrF3N2O4S/c16-12-4-2-10(25-12)15(22)20-5-7-21(8-6-20)26(23,24)11-3-1-9(17)13(18)14(11)19/h1-4H,5-8H2. The molecule has 1 aromatic carbocycles. The van der Waals surface area contributed by atoms with Gasteiger partial charge in [0, 0.05) is 26.2 Å². The van der Waals surface area contributed by atoms with Crippen molar-refractivity contribution < 1.29 is 30.8 Å². The largest absolute Gasteiger partial charge is 0.444 e. The molecule has 1 aromatic heterocycles. The Bertz CT molecular complexity index is 956. The van der Waals surface area contributed by atoms with Gasteiger partial charge in [0.15, 0.2) is 27.9 Å². The van der Waals surface area contributed by atoms with Crippen molar-refractivity contribution in [2.24, 2.45) is 0 Å². The first-order valence-electron chi connectivity index (χ1n) is 7.40. The molecule has 1 fully saturated rings. The molecule has 11 heteroatoms. The number of benzene rings is 1. The summed E-state index contributed by atoms with van der Waals surface area (Å²) in [6, 6.07) is 4.27. The predicted molar refractivity (Wildman–Crippen MR) is 87.4 cm³/mol. The molecule has 0 bridgehead atoms. The normalized spacial score (nSPS) is 16.1. The average molecular weight is 453 g/mol. The van der Waals surface area contributed by atoms with Gasteiger partial charge in [-0.25, -0.2) is 21.6 Å². The molecule has 0 unspecified atom stereocenters. The number of piperazine rings is 1. The summed E-state index contributed by atoms with van der Waals surface area (Å²) in [5.41, 5.74) is 0. The van der Waals surface area contributed by atoms with E-state index in [1.165, 1.54) is 11.0 Å². The average Bonchev–Trinajstić information content (AvgIpc) is 3.05. The van der Waals surface area contributed by atoms with E-state index in [-0.39, 0.29) is 31.9 Å². The number of sulfonamides is 1. The van der Waals surface area contributed by atoms with Crippen molar-refractivity contribution in [1.82, 2.24) is 9.21 Å². The van der Waals surface area contributed by atoms with E-state index in [0.717, 1.165) is 4.31 Å². The van der Waals surface area contributed by atoms with E-state index in [2.05, 4.69) is 15.9 Å². The van der Waals surface area contributed by atoms with Gasteiger partial charge < -0.3 is 9.32 Å². The molecule has 1 aliphatic rings. The number of furan rings is 1. The first-order chi connectivity index (χ1) is 12.2. The molecular weight excluding hydrogens is 441 g/mol. The van der Waals surface area contributed by atoms with Crippen molar-refractivity contribution in [2.45, 2.75) is 4.90 Å². The first kappa shape index (κ1) is 18.9. The SMILES string of the molecule is O=C(c1ccc(Br)o1)N1CCN(S(=O)(=O)c2ccc(F)c(F)c2F)CC1. The van der Waals surface area contributed by atoms with Crippen LogP contribution >= 0.6 is 15.9 Å². The fourth-order valence-corrected chi connectivity index (χ4v) is 4.35. The highest BCUT2D eigenvalue weighted by atomic mass is 79.9. The number of rotatable bonds is 3. The van der Waals surface area contributed by atoms with Crippen LogP contribution in [0.3, 0.4) is 0 Å². The van der Waals surface area contributed by atoms with Gasteiger partial charge in [-0.3, -0.25) is 4.79 Å². The molecule has 140 valence electrons. The van der Waals surface area contributed by atoms with Gasteiger partial charge in [-0.15, -0.1) is 0 Å². The predicted octanol–water partition coefficient (Wildman–Crippen LogP) is 2.61. The summed E-state index contributed by atoms with van der Waals surface area (Å²) in [7, 11) is -4.36. The van der Waals surface area contributed by atoms with E-state index in [1.54, 1.807) is 6.07 Å². The lowest BCUT2D eigenvalue weighted by atomic mass is 10.3. The molecule has 0 N–H and O–H groups in total. The fourth-order valence-electron chi connectivity index (χ4n) is 2.56. The van der Waals surface area contributed by atoms with Gasteiger partial charge in [-0.2, -0.15) is 4.31 Å². The minimum atomic E-state index is -4.36. The van der Waals surface area contributed by atoms with E-state index in [0.29, 0.717) is 16.8 Å². The first-order valence-corrected chi connectivity index (χ1v) is 9.63. The molecule has 26 heavy (non-hydrogen) atoms. The highest BCUT2D eigenvalue weighted by molar-refractivity contribution is 9.10. The molecule has 1 aliphatic heterocycles. The number of hydrogen-bond donors (Lipinski definition) is 0. The molecule has 0 spiro atoms. The van der Waals surface area contributed by atoms with Crippen LogP contribution in [0.1, 0.15) is 10.6 Å². The van der Waals surface area contributed by atoms with Crippen molar-refractivity contribution in [2.75, 3.05) is 26.2 Å². The quantitative estimate of drug-likeness (QED) is 0.671. The Morgan fingerprint density at radius 2 is 1.65 bits per heavy atom. The van der Waals surface area contributed by atoms with Crippen LogP contribution < -0.4 is 0 Å². The van der Waals surface area contributed by atoms with Gasteiger partial charge in [0.05, 0.1) is 0 Å². The lowest BCUT2D eigenvalue weighted by Crippen LogP contribution is -2.50. The van der Waals surface area contributed by atoms with Crippen LogP contribution in [-0.4, -0.2) is 49.7 Å². The van der Waals surface area contributed by atoms with E-state index in [4.69, 9.17) is 4.42 Å². The lowest BCUT2D eigenvalue weighted by molar-refractivity contribution is 0.0664. The molecule has 1 saturated heterocycles. The monoisotopic (exact) mass is 452 g/mol. The third-order valence-electron chi connectivity index (χ3n) is 3.93. The Kier molecular flexibility index (Phi) is 5.13. The summed E-state index contributed by atoms with van der Waals surface area (Å²) in [5, 5.41) is 0. The fraction of sp³-hybridized carbons (Fsp3) is 0.267. The highest BCUT2D eigenvalue weighted by Crippen LogP contribution is 2.24. The lowest BCUT2D eigenvalue weighted by Gasteiger charge is -2.33. The van der Waals surface area contributed by atoms with E-state index < -0.39 is 38.3 Å². The Balaban J connectivity index is 1.75. The molecule has 0 aliphatic carbocycles. The van der Waals surface area contributed by atoms with E-state index >= 15 is 0 Å². The summed E-state index contributed by atoms with van der Waals surface area (Å²) in [4.78, 5) is 12.7. The van der Waals surface area contributed by atoms with Crippen LogP contribution in [0.15, 0.2) is 38.2 Å². The van der Waals surface area contributed by atoms with Crippen LogP contribution in [-0.2, 0) is 10.0 Å². The third kappa shape index (κ3) is 3.38. The Labute approximate surface area is 155 Å². The van der Waals surface area contributed by atoms with Crippen LogP contribution in [0.5, 0.6) is 0 Å². The summed E-state index contributed by atoms with van der Waals surface area (Å²) in [6.07, 6.45) is 0. The Morgan fingerprint density at radius 3 is 2.23 bits per heavy atom. The molecular formula is C15H12BrF3N2O4S. The molecule has 0 atom stereocenters. The maximum absolute atomic E-state index is 13.8.